The number of allylic oxidation sites excluding steroid dienone is 20. The molecule has 6 unspecified atom stereocenters. The van der Waals surface area contributed by atoms with Crippen LogP contribution < -0.4 is 0 Å². The van der Waals surface area contributed by atoms with Gasteiger partial charge in [0.15, 0.2) is 24.6 Å². The predicted molar refractivity (Wildman–Crippen MR) is 330 cm³/mol. The second-order valence-electron chi connectivity index (χ2n) is 20.9. The molecule has 1 saturated heterocycles. The fourth-order valence-corrected chi connectivity index (χ4v) is 8.74. The first kappa shape index (κ1) is 74.1. The molecule has 1 fully saturated rings. The van der Waals surface area contributed by atoms with E-state index in [4.69, 9.17) is 23.7 Å². The zero-order chi connectivity index (χ0) is 58.9. The minimum absolute atomic E-state index is 0.0262. The summed E-state index contributed by atoms with van der Waals surface area (Å²) >= 11 is 0. The van der Waals surface area contributed by atoms with Crippen molar-refractivity contribution in [1.29, 1.82) is 0 Å². The van der Waals surface area contributed by atoms with Gasteiger partial charge in [0.1, 0.15) is 18.8 Å². The van der Waals surface area contributed by atoms with Crippen LogP contribution in [0.3, 0.4) is 0 Å². The van der Waals surface area contributed by atoms with Crippen molar-refractivity contribution in [1.82, 2.24) is 0 Å². The number of aliphatic carboxylic acids is 1. The second-order valence-corrected chi connectivity index (χ2v) is 20.9. The lowest BCUT2D eigenvalue weighted by Gasteiger charge is -2.40. The summed E-state index contributed by atoms with van der Waals surface area (Å²) in [6, 6.07) is 0. The summed E-state index contributed by atoms with van der Waals surface area (Å²) in [7, 11) is 0. The molecule has 3 N–H and O–H groups in total. The minimum atomic E-state index is -1.93. The number of carbonyl (C=O) groups is 4. The number of unbranched alkanes of at least 4 members (excludes halogenated alkanes) is 18. The van der Waals surface area contributed by atoms with Gasteiger partial charge in [0.25, 0.3) is 0 Å². The number of esters is 3. The van der Waals surface area contributed by atoms with E-state index in [0.29, 0.717) is 25.7 Å². The van der Waals surface area contributed by atoms with Crippen molar-refractivity contribution in [2.24, 2.45) is 0 Å². The van der Waals surface area contributed by atoms with E-state index in [0.717, 1.165) is 116 Å². The Morgan fingerprint density at radius 3 is 1.22 bits per heavy atom. The van der Waals surface area contributed by atoms with Gasteiger partial charge in [-0.25, -0.2) is 4.79 Å². The SMILES string of the molecule is CC/C=C\C/C=C\C/C=C\C/C=C\C/C=C\CCCC(=O)OC1C(OCC(COC(=O)CCCCCCCCCCC/C=C\C/C=C\CCCCC)OC(=O)CCCCCCC/C=C\C/C=C\C/C=C\CC)OC(C(=O)O)C(O)C1O. The third-order valence-electron chi connectivity index (χ3n) is 13.5. The van der Waals surface area contributed by atoms with Crippen molar-refractivity contribution in [3.63, 3.8) is 0 Å². The lowest BCUT2D eigenvalue weighted by molar-refractivity contribution is -0.301. The standard InChI is InChI=1S/C69H110O12/c1-4-7-10-13-16-19-22-25-28-30-31-33-35-37-40-43-46-49-52-55-61(70)77-58-60(79-62(71)56-53-50-47-44-41-38-34-27-24-21-18-15-12-9-6-3)59-78-69-67(65(74)64(73)66(81-69)68(75)76)80-63(72)57-54-51-48-45-42-39-36-32-29-26-23-20-17-14-11-8-5-2/h8-9,11-12,16-21,25-29,34,36,39,45,48,60,64-67,69,73-74H,4-7,10,13-15,22-24,30-33,35,37-38,40-44,46-47,49-59H2,1-3H3,(H,75,76)/b11-8-,12-9-,19-16-,20-17-,21-18-,28-25-,29-26-,34-27-,39-36-,48-45-. The number of hydrogen-bond donors (Lipinski definition) is 3. The predicted octanol–water partition coefficient (Wildman–Crippen LogP) is 16.8. The molecule has 6 atom stereocenters. The van der Waals surface area contributed by atoms with Crippen LogP contribution in [0, 0.1) is 0 Å². The van der Waals surface area contributed by atoms with Crippen LogP contribution in [0.1, 0.15) is 239 Å². The molecule has 0 radical (unpaired) electrons. The molecule has 0 aliphatic carbocycles. The smallest absolute Gasteiger partial charge is 0.335 e. The van der Waals surface area contributed by atoms with Gasteiger partial charge in [-0.15, -0.1) is 0 Å². The van der Waals surface area contributed by atoms with E-state index in [1.54, 1.807) is 0 Å². The summed E-state index contributed by atoms with van der Waals surface area (Å²) in [6.45, 7) is 5.71. The molecule has 0 saturated carbocycles. The van der Waals surface area contributed by atoms with Gasteiger partial charge in [0.05, 0.1) is 6.61 Å². The Hall–Kier alpha value is -4.88. The fraction of sp³-hybridized carbons (Fsp3) is 0.652. The maximum atomic E-state index is 13.2. The van der Waals surface area contributed by atoms with Gasteiger partial charge in [-0.05, 0) is 122 Å². The lowest BCUT2D eigenvalue weighted by Crippen LogP contribution is -2.61. The molecule has 1 aliphatic rings. The maximum Gasteiger partial charge on any atom is 0.335 e. The van der Waals surface area contributed by atoms with Crippen molar-refractivity contribution in [2.45, 2.75) is 276 Å². The van der Waals surface area contributed by atoms with Crippen molar-refractivity contribution < 1.29 is 58.2 Å². The molecule has 0 spiro atoms. The molecule has 12 nitrogen and oxygen atoms in total. The van der Waals surface area contributed by atoms with E-state index in [1.165, 1.54) is 57.8 Å². The number of ether oxygens (including phenoxy) is 5. The average Bonchev–Trinajstić information content (AvgIpc) is 3.53. The molecule has 0 aromatic carbocycles. The number of carbonyl (C=O) groups excluding carboxylic acids is 3. The largest absolute Gasteiger partial charge is 0.479 e. The van der Waals surface area contributed by atoms with Gasteiger partial charge in [-0.2, -0.15) is 0 Å². The molecule has 1 rings (SSSR count). The summed E-state index contributed by atoms with van der Waals surface area (Å²) in [4.78, 5) is 51.3. The van der Waals surface area contributed by atoms with E-state index >= 15 is 0 Å². The number of aliphatic hydroxyl groups excluding tert-OH is 2. The Kier molecular flexibility index (Phi) is 50.9. The normalized spacial score (nSPS) is 18.6. The highest BCUT2D eigenvalue weighted by atomic mass is 16.7. The van der Waals surface area contributed by atoms with Crippen LogP contribution >= 0.6 is 0 Å². The molecule has 1 aliphatic heterocycles. The molecule has 0 amide bonds. The first-order valence-corrected chi connectivity index (χ1v) is 31.5. The Morgan fingerprint density at radius 1 is 0.420 bits per heavy atom. The molecular weight excluding hydrogens is 1020 g/mol. The van der Waals surface area contributed by atoms with Crippen LogP contribution in [0.15, 0.2) is 122 Å². The zero-order valence-electron chi connectivity index (χ0n) is 50.5. The first-order valence-electron chi connectivity index (χ1n) is 31.5. The van der Waals surface area contributed by atoms with E-state index in [9.17, 15) is 34.5 Å². The highest BCUT2D eigenvalue weighted by Gasteiger charge is 2.50. The molecule has 0 aromatic heterocycles. The maximum absolute atomic E-state index is 13.2. The van der Waals surface area contributed by atoms with Crippen LogP contribution in [-0.4, -0.2) is 89.2 Å². The first-order chi connectivity index (χ1) is 39.6. The Bertz CT molecular complexity index is 1870. The molecular formula is C69H110O12. The Morgan fingerprint density at radius 2 is 0.790 bits per heavy atom. The topological polar surface area (TPSA) is 175 Å². The average molecular weight is 1130 g/mol. The highest BCUT2D eigenvalue weighted by molar-refractivity contribution is 5.74. The number of carboxylic acids is 1. The quantitative estimate of drug-likeness (QED) is 0.0228. The van der Waals surface area contributed by atoms with Gasteiger partial charge in [0.2, 0.25) is 0 Å². The molecule has 0 bridgehead atoms. The summed E-state index contributed by atoms with van der Waals surface area (Å²) in [6.07, 6.45) is 64.5. The fourth-order valence-electron chi connectivity index (χ4n) is 8.74. The van der Waals surface area contributed by atoms with Crippen LogP contribution in [-0.2, 0) is 42.9 Å². The molecule has 1 heterocycles. The number of rotatable bonds is 52. The molecule has 81 heavy (non-hydrogen) atoms. The summed E-state index contributed by atoms with van der Waals surface area (Å²) in [5.41, 5.74) is 0. The zero-order valence-corrected chi connectivity index (χ0v) is 50.5. The highest BCUT2D eigenvalue weighted by Crippen LogP contribution is 2.26. The van der Waals surface area contributed by atoms with E-state index < -0.39 is 67.3 Å². The Labute approximate surface area is 490 Å². The van der Waals surface area contributed by atoms with Crippen LogP contribution in [0.2, 0.25) is 0 Å². The van der Waals surface area contributed by atoms with Crippen molar-refractivity contribution >= 4 is 23.9 Å². The minimum Gasteiger partial charge on any atom is -0.479 e. The monoisotopic (exact) mass is 1130 g/mol. The van der Waals surface area contributed by atoms with E-state index in [2.05, 4.69) is 130 Å². The van der Waals surface area contributed by atoms with Crippen LogP contribution in [0.25, 0.3) is 0 Å². The third-order valence-corrected chi connectivity index (χ3v) is 13.5. The number of aliphatic hydroxyl groups is 2. The van der Waals surface area contributed by atoms with Crippen LogP contribution in [0.4, 0.5) is 0 Å². The molecule has 458 valence electrons. The Balaban J connectivity index is 2.71. The number of hydrogen-bond acceptors (Lipinski definition) is 11. The van der Waals surface area contributed by atoms with Gasteiger partial charge in [-0.3, -0.25) is 14.4 Å². The summed E-state index contributed by atoms with van der Waals surface area (Å²) < 4.78 is 28.4. The number of carboxylic acid groups (broad SMARTS) is 1. The lowest BCUT2D eigenvalue weighted by atomic mass is 9.98. The summed E-state index contributed by atoms with van der Waals surface area (Å²) in [5.74, 6) is -3.24. The van der Waals surface area contributed by atoms with Gasteiger partial charge >= 0.3 is 23.9 Å². The molecule has 0 aromatic rings. The van der Waals surface area contributed by atoms with Crippen molar-refractivity contribution in [3.8, 4) is 0 Å². The van der Waals surface area contributed by atoms with Crippen molar-refractivity contribution in [3.05, 3.63) is 122 Å². The van der Waals surface area contributed by atoms with E-state index in [-0.39, 0.29) is 25.9 Å². The van der Waals surface area contributed by atoms with Gasteiger partial charge < -0.3 is 39.0 Å². The van der Waals surface area contributed by atoms with Crippen molar-refractivity contribution in [2.75, 3.05) is 13.2 Å². The van der Waals surface area contributed by atoms with E-state index in [1.807, 2.05) is 12.2 Å². The summed E-state index contributed by atoms with van der Waals surface area (Å²) in [5, 5.41) is 31.5. The van der Waals surface area contributed by atoms with Gasteiger partial charge in [-0.1, -0.05) is 219 Å². The van der Waals surface area contributed by atoms with Gasteiger partial charge in [0, 0.05) is 19.3 Å². The van der Waals surface area contributed by atoms with Crippen LogP contribution in [0.5, 0.6) is 0 Å². The third kappa shape index (κ3) is 45.3. The molecule has 12 heteroatoms. The second kappa shape index (κ2) is 55.6.